The number of amides is 1. The molecule has 3 aromatic rings. The van der Waals surface area contributed by atoms with Gasteiger partial charge in [-0.05, 0) is 85.7 Å². The van der Waals surface area contributed by atoms with Crippen molar-refractivity contribution >= 4 is 35.3 Å². The molecule has 2 saturated carbocycles. The van der Waals surface area contributed by atoms with Crippen LogP contribution in [0.25, 0.3) is 6.08 Å². The van der Waals surface area contributed by atoms with Crippen LogP contribution in [0.3, 0.4) is 0 Å². The summed E-state index contributed by atoms with van der Waals surface area (Å²) < 4.78 is 17.0. The smallest absolute Gasteiger partial charge is 0.317 e. The topological polar surface area (TPSA) is 85.3 Å². The molecule has 0 saturated heterocycles. The van der Waals surface area contributed by atoms with E-state index in [-0.39, 0.29) is 30.4 Å². The molecule has 1 aromatic carbocycles. The van der Waals surface area contributed by atoms with Crippen molar-refractivity contribution in [3.63, 3.8) is 0 Å². The summed E-state index contributed by atoms with van der Waals surface area (Å²) in [6.07, 6.45) is 11.2. The van der Waals surface area contributed by atoms with E-state index in [0.29, 0.717) is 23.6 Å². The molecule has 1 amide bonds. The number of hydrazone groups is 1. The molecule has 7 nitrogen and oxygen atoms in total. The predicted molar refractivity (Wildman–Crippen MR) is 142 cm³/mol. The molecule has 3 heterocycles. The lowest BCUT2D eigenvalue weighted by Crippen LogP contribution is -2.39. The Balaban J connectivity index is 1.25. The Morgan fingerprint density at radius 1 is 1.05 bits per heavy atom. The summed E-state index contributed by atoms with van der Waals surface area (Å²) in [6.45, 7) is -0.383. The number of nitrogens with zero attached hydrogens (tertiary/aromatic N) is 2. The zero-order valence-corrected chi connectivity index (χ0v) is 21.7. The second-order valence-electron chi connectivity index (χ2n) is 10.2. The van der Waals surface area contributed by atoms with Gasteiger partial charge in [0.25, 0.3) is 5.91 Å². The lowest BCUT2D eigenvalue weighted by molar-refractivity contribution is -0.158. The van der Waals surface area contributed by atoms with Gasteiger partial charge >= 0.3 is 5.97 Å². The average molecular weight is 533 g/mol. The van der Waals surface area contributed by atoms with E-state index in [9.17, 15) is 9.59 Å². The molecular weight excluding hydrogens is 504 g/mol. The third-order valence-corrected chi connectivity index (χ3v) is 8.27. The summed E-state index contributed by atoms with van der Waals surface area (Å²) in [5.74, 6) is 0.666. The number of benzene rings is 1. The maximum absolute atomic E-state index is 13.6. The minimum absolute atomic E-state index is 0.00833. The molecule has 0 N–H and O–H groups in total. The SMILES string of the molecule is O=C(COC(=O)C1(c2ccc(Cl)cc2)CCCC1)N1N=C2C(=Cc3ccco3)CCCC2C1c1ccco1. The first-order valence-electron chi connectivity index (χ1n) is 13.2. The molecule has 0 bridgehead atoms. The van der Waals surface area contributed by atoms with Gasteiger partial charge in [0, 0.05) is 10.9 Å². The van der Waals surface area contributed by atoms with Crippen molar-refractivity contribution in [1.82, 2.24) is 5.01 Å². The lowest BCUT2D eigenvalue weighted by Gasteiger charge is -2.29. The fraction of sp³-hybridized carbons (Fsp3) is 0.367. The summed E-state index contributed by atoms with van der Waals surface area (Å²) in [4.78, 5) is 27.0. The molecule has 6 rings (SSSR count). The zero-order valence-electron chi connectivity index (χ0n) is 21.0. The summed E-state index contributed by atoms with van der Waals surface area (Å²) in [7, 11) is 0. The highest BCUT2D eigenvalue weighted by Gasteiger charge is 2.47. The summed E-state index contributed by atoms with van der Waals surface area (Å²) in [6, 6.07) is 14.4. The van der Waals surface area contributed by atoms with Crippen LogP contribution >= 0.6 is 11.6 Å². The Hall–Kier alpha value is -3.58. The van der Waals surface area contributed by atoms with E-state index in [1.165, 1.54) is 5.01 Å². The number of halogens is 1. The molecule has 8 heteroatoms. The monoisotopic (exact) mass is 532 g/mol. The van der Waals surface area contributed by atoms with Gasteiger partial charge in [0.15, 0.2) is 6.61 Å². The molecule has 2 unspecified atom stereocenters. The van der Waals surface area contributed by atoms with Crippen molar-refractivity contribution in [2.75, 3.05) is 6.61 Å². The van der Waals surface area contributed by atoms with Gasteiger partial charge in [-0.3, -0.25) is 9.59 Å². The van der Waals surface area contributed by atoms with Crippen molar-refractivity contribution in [1.29, 1.82) is 0 Å². The fourth-order valence-electron chi connectivity index (χ4n) is 6.18. The Morgan fingerprint density at radius 3 is 2.53 bits per heavy atom. The van der Waals surface area contributed by atoms with E-state index in [2.05, 4.69) is 0 Å². The first kappa shape index (κ1) is 24.7. The van der Waals surface area contributed by atoms with E-state index in [0.717, 1.165) is 54.7 Å². The number of carbonyl (C=O) groups excluding carboxylic acids is 2. The summed E-state index contributed by atoms with van der Waals surface area (Å²) in [5, 5.41) is 6.87. The van der Waals surface area contributed by atoms with Gasteiger partial charge in [-0.2, -0.15) is 5.10 Å². The summed E-state index contributed by atoms with van der Waals surface area (Å²) in [5.41, 5.74) is 2.04. The number of hydrogen-bond acceptors (Lipinski definition) is 6. The third-order valence-electron chi connectivity index (χ3n) is 8.02. The largest absolute Gasteiger partial charge is 0.467 e. The van der Waals surface area contributed by atoms with E-state index < -0.39 is 5.41 Å². The van der Waals surface area contributed by atoms with Crippen LogP contribution in [0.4, 0.5) is 0 Å². The highest BCUT2D eigenvalue weighted by molar-refractivity contribution is 6.30. The number of rotatable bonds is 6. The predicted octanol–water partition coefficient (Wildman–Crippen LogP) is 6.70. The quantitative estimate of drug-likeness (QED) is 0.329. The van der Waals surface area contributed by atoms with Crippen LogP contribution < -0.4 is 0 Å². The maximum atomic E-state index is 13.6. The Labute approximate surface area is 226 Å². The van der Waals surface area contributed by atoms with Crippen LogP contribution in [0, 0.1) is 5.92 Å². The lowest BCUT2D eigenvalue weighted by atomic mass is 9.79. The van der Waals surface area contributed by atoms with Crippen molar-refractivity contribution in [3.05, 3.63) is 88.7 Å². The van der Waals surface area contributed by atoms with Gasteiger partial charge in [0.1, 0.15) is 17.6 Å². The van der Waals surface area contributed by atoms with Gasteiger partial charge in [-0.25, -0.2) is 5.01 Å². The molecule has 2 aromatic heterocycles. The first-order chi connectivity index (χ1) is 18.5. The van der Waals surface area contributed by atoms with Crippen LogP contribution in [0.15, 0.2) is 80.6 Å². The Bertz CT molecular complexity index is 1350. The number of esters is 1. The van der Waals surface area contributed by atoms with Gasteiger partial charge in [-0.15, -0.1) is 0 Å². The number of fused-ring (bicyclic) bond motifs is 1. The van der Waals surface area contributed by atoms with E-state index in [1.807, 2.05) is 42.5 Å². The van der Waals surface area contributed by atoms with Crippen LogP contribution in [-0.2, 0) is 19.7 Å². The third kappa shape index (κ3) is 4.49. The summed E-state index contributed by atoms with van der Waals surface area (Å²) >= 11 is 6.08. The highest BCUT2D eigenvalue weighted by atomic mass is 35.5. The molecule has 38 heavy (non-hydrogen) atoms. The molecule has 2 fully saturated rings. The van der Waals surface area contributed by atoms with Gasteiger partial charge in [0.05, 0.1) is 23.7 Å². The van der Waals surface area contributed by atoms with Crippen LogP contribution in [0.5, 0.6) is 0 Å². The van der Waals surface area contributed by atoms with Crippen molar-refractivity contribution < 1.29 is 23.2 Å². The molecule has 0 spiro atoms. The number of ether oxygens (including phenoxy) is 1. The minimum atomic E-state index is -0.755. The van der Waals surface area contributed by atoms with Crippen LogP contribution in [0.2, 0.25) is 5.02 Å². The number of carbonyl (C=O) groups is 2. The Morgan fingerprint density at radius 2 is 1.82 bits per heavy atom. The normalized spacial score (nSPS) is 23.3. The standard InChI is InChI=1S/C30H29ClN2O5/c31-22-12-10-21(11-13-22)30(14-1-2-15-30)29(35)38-19-26(34)33-28(25-9-5-17-37-25)24-8-3-6-20(27(24)32-33)18-23-7-4-16-36-23/h4-5,7,9-13,16-18,24,28H,1-3,6,8,14-15,19H2. The fourth-order valence-corrected chi connectivity index (χ4v) is 6.31. The molecule has 2 atom stereocenters. The average Bonchev–Trinajstić information content (AvgIpc) is 3.73. The van der Waals surface area contributed by atoms with Crippen molar-refractivity contribution in [3.8, 4) is 0 Å². The van der Waals surface area contributed by atoms with Crippen molar-refractivity contribution in [2.45, 2.75) is 56.4 Å². The van der Waals surface area contributed by atoms with Gasteiger partial charge in [0.2, 0.25) is 0 Å². The molecule has 1 aliphatic heterocycles. The van der Waals surface area contributed by atoms with E-state index in [1.54, 1.807) is 24.7 Å². The molecular formula is C30H29ClN2O5. The molecule has 196 valence electrons. The van der Waals surface area contributed by atoms with Gasteiger partial charge in [-0.1, -0.05) is 36.6 Å². The Kier molecular flexibility index (Phi) is 6.70. The van der Waals surface area contributed by atoms with Crippen molar-refractivity contribution in [2.24, 2.45) is 11.0 Å². The van der Waals surface area contributed by atoms with Gasteiger partial charge < -0.3 is 13.6 Å². The molecule has 3 aliphatic rings. The van der Waals surface area contributed by atoms with Crippen LogP contribution in [-0.4, -0.2) is 29.2 Å². The highest BCUT2D eigenvalue weighted by Crippen LogP contribution is 2.45. The second kappa shape index (κ2) is 10.3. The number of furan rings is 2. The number of allylic oxidation sites excluding steroid dienone is 1. The minimum Gasteiger partial charge on any atom is -0.467 e. The van der Waals surface area contributed by atoms with E-state index in [4.69, 9.17) is 30.3 Å². The molecule has 0 radical (unpaired) electrons. The second-order valence-corrected chi connectivity index (χ2v) is 10.7. The number of hydrogen-bond donors (Lipinski definition) is 0. The van der Waals surface area contributed by atoms with Crippen LogP contribution in [0.1, 0.15) is 68.1 Å². The first-order valence-corrected chi connectivity index (χ1v) is 13.5. The van der Waals surface area contributed by atoms with E-state index >= 15 is 0 Å². The molecule has 2 aliphatic carbocycles. The zero-order chi connectivity index (χ0) is 26.1. The maximum Gasteiger partial charge on any atom is 0.317 e.